The summed E-state index contributed by atoms with van der Waals surface area (Å²) in [7, 11) is 0. The molecular formula is C27H23N2+. The van der Waals surface area contributed by atoms with Crippen molar-refractivity contribution >= 4 is 17.1 Å². The van der Waals surface area contributed by atoms with Crippen molar-refractivity contribution in [3.63, 3.8) is 0 Å². The van der Waals surface area contributed by atoms with E-state index >= 15 is 0 Å². The molecule has 4 aromatic carbocycles. The van der Waals surface area contributed by atoms with Crippen LogP contribution in [0.5, 0.6) is 0 Å². The van der Waals surface area contributed by atoms with Gasteiger partial charge in [-0.1, -0.05) is 84.9 Å². The predicted molar refractivity (Wildman–Crippen MR) is 122 cm³/mol. The first-order valence-electron chi connectivity index (χ1n) is 9.97. The van der Waals surface area contributed by atoms with Gasteiger partial charge in [0, 0.05) is 35.5 Å². The molecule has 0 spiro atoms. The van der Waals surface area contributed by atoms with E-state index in [2.05, 4.69) is 139 Å². The summed E-state index contributed by atoms with van der Waals surface area (Å²) in [6.45, 7) is 0. The van der Waals surface area contributed by atoms with Gasteiger partial charge in [0.25, 0.3) is 0 Å². The highest BCUT2D eigenvalue weighted by Gasteiger charge is 2.48. The van der Waals surface area contributed by atoms with Gasteiger partial charge >= 0.3 is 0 Å². The summed E-state index contributed by atoms with van der Waals surface area (Å²) in [5.74, 6) is 0. The van der Waals surface area contributed by atoms with Crippen LogP contribution in [0.3, 0.4) is 0 Å². The maximum absolute atomic E-state index is 2.38. The fourth-order valence-corrected chi connectivity index (χ4v) is 4.34. The first kappa shape index (κ1) is 17.5. The Bertz CT molecular complexity index is 1050. The van der Waals surface area contributed by atoms with E-state index < -0.39 is 0 Å². The minimum absolute atomic E-state index is 0.0587. The number of para-hydroxylation sites is 3. The zero-order valence-electron chi connectivity index (χ0n) is 16.2. The molecule has 1 atom stereocenters. The maximum Gasteiger partial charge on any atom is 0.209 e. The lowest BCUT2D eigenvalue weighted by atomic mass is 10.1. The van der Waals surface area contributed by atoms with Crippen LogP contribution in [-0.4, -0.2) is 0 Å². The number of hydrogen-bond donors (Lipinski definition) is 0. The molecule has 2 nitrogen and oxygen atoms in total. The van der Waals surface area contributed by atoms with Crippen molar-refractivity contribution in [1.29, 1.82) is 0 Å². The average molecular weight is 375 g/mol. The van der Waals surface area contributed by atoms with Gasteiger partial charge in [-0.15, -0.1) is 0 Å². The van der Waals surface area contributed by atoms with Gasteiger partial charge in [0.15, 0.2) is 0 Å². The minimum atomic E-state index is 0.0587. The summed E-state index contributed by atoms with van der Waals surface area (Å²) in [5, 5.41) is 0. The third kappa shape index (κ3) is 2.95. The van der Waals surface area contributed by atoms with Crippen LogP contribution in [0, 0.1) is 0 Å². The second-order valence-corrected chi connectivity index (χ2v) is 7.27. The van der Waals surface area contributed by atoms with E-state index in [1.807, 2.05) is 0 Å². The molecule has 0 N–H and O–H groups in total. The van der Waals surface area contributed by atoms with Crippen LogP contribution in [0.2, 0.25) is 0 Å². The highest BCUT2D eigenvalue weighted by Crippen LogP contribution is 2.50. The third-order valence-corrected chi connectivity index (χ3v) is 5.63. The van der Waals surface area contributed by atoms with Crippen LogP contribution < -0.4 is 9.38 Å². The van der Waals surface area contributed by atoms with Crippen LogP contribution >= 0.6 is 0 Å². The van der Waals surface area contributed by atoms with Gasteiger partial charge in [0.2, 0.25) is 6.17 Å². The topological polar surface area (TPSA) is 3.24 Å². The van der Waals surface area contributed by atoms with Crippen molar-refractivity contribution < 1.29 is 0 Å². The fourth-order valence-electron chi connectivity index (χ4n) is 4.34. The largest absolute Gasteiger partial charge is 0.288 e. The van der Waals surface area contributed by atoms with Gasteiger partial charge in [0.1, 0.15) is 17.6 Å². The van der Waals surface area contributed by atoms with Gasteiger partial charge in [-0.25, -0.2) is 4.48 Å². The first-order chi connectivity index (χ1) is 14.4. The first-order valence-corrected chi connectivity index (χ1v) is 9.97. The van der Waals surface area contributed by atoms with Crippen molar-refractivity contribution in [2.45, 2.75) is 6.17 Å². The van der Waals surface area contributed by atoms with Gasteiger partial charge < -0.3 is 0 Å². The van der Waals surface area contributed by atoms with E-state index in [1.54, 1.807) is 0 Å². The lowest BCUT2D eigenvalue weighted by molar-refractivity contribution is 0.410. The second-order valence-electron chi connectivity index (χ2n) is 7.27. The summed E-state index contributed by atoms with van der Waals surface area (Å²) in [5.41, 5.74) is 4.93. The number of hydrogen-bond acceptors (Lipinski definition) is 1. The quantitative estimate of drug-likeness (QED) is 0.347. The van der Waals surface area contributed by atoms with Crippen LogP contribution in [0.1, 0.15) is 11.7 Å². The Morgan fingerprint density at radius 2 is 0.966 bits per heavy atom. The van der Waals surface area contributed by atoms with Crippen molar-refractivity contribution in [2.75, 3.05) is 4.90 Å². The lowest BCUT2D eigenvalue weighted by Crippen LogP contribution is -2.44. The Morgan fingerprint density at radius 1 is 0.517 bits per heavy atom. The monoisotopic (exact) mass is 375 g/mol. The summed E-state index contributed by atoms with van der Waals surface area (Å²) < 4.78 is 0.612. The van der Waals surface area contributed by atoms with Crippen molar-refractivity contribution in [1.82, 2.24) is 4.48 Å². The average Bonchev–Trinajstić information content (AvgIpc) is 3.23. The number of anilines is 1. The molecule has 1 aliphatic rings. The molecule has 1 unspecified atom stereocenters. The van der Waals surface area contributed by atoms with Crippen LogP contribution in [0.15, 0.2) is 134 Å². The molecule has 0 aromatic heterocycles. The van der Waals surface area contributed by atoms with Gasteiger partial charge in [0.05, 0.1) is 6.20 Å². The van der Waals surface area contributed by atoms with Crippen molar-refractivity contribution in [3.05, 3.63) is 139 Å². The van der Waals surface area contributed by atoms with E-state index in [0.29, 0.717) is 4.48 Å². The van der Waals surface area contributed by atoms with E-state index in [1.165, 1.54) is 22.6 Å². The normalized spacial score (nSPS) is 17.4. The van der Waals surface area contributed by atoms with Crippen LogP contribution in [0.25, 0.3) is 0 Å². The van der Waals surface area contributed by atoms with Crippen molar-refractivity contribution in [2.24, 2.45) is 0 Å². The Kier molecular flexibility index (Phi) is 4.47. The van der Waals surface area contributed by atoms with Gasteiger partial charge in [-0.05, 0) is 12.1 Å². The van der Waals surface area contributed by atoms with E-state index in [-0.39, 0.29) is 6.17 Å². The number of nitrogens with zero attached hydrogens (tertiary/aromatic N) is 2. The molecule has 0 saturated carbocycles. The minimum Gasteiger partial charge on any atom is -0.288 e. The molecule has 1 heterocycles. The Balaban J connectivity index is 1.78. The maximum atomic E-state index is 2.38. The molecule has 4 aromatic rings. The third-order valence-electron chi connectivity index (χ3n) is 5.63. The van der Waals surface area contributed by atoms with Gasteiger partial charge in [-0.3, -0.25) is 4.90 Å². The molecule has 0 saturated heterocycles. The van der Waals surface area contributed by atoms with Gasteiger partial charge in [-0.2, -0.15) is 0 Å². The standard InChI is InChI=1S/C27H23N2/c1-5-13-23(14-6-1)27-28(24-15-7-2-8-16-24)21-22-29(27,25-17-9-3-10-18-25)26-19-11-4-12-20-26/h1-22,27H/q+1. The summed E-state index contributed by atoms with van der Waals surface area (Å²) >= 11 is 0. The lowest BCUT2D eigenvalue weighted by Gasteiger charge is -2.40. The smallest absolute Gasteiger partial charge is 0.209 e. The molecular weight excluding hydrogens is 352 g/mol. The van der Waals surface area contributed by atoms with Crippen LogP contribution in [-0.2, 0) is 0 Å². The molecule has 140 valence electrons. The molecule has 2 heteroatoms. The highest BCUT2D eigenvalue weighted by molar-refractivity contribution is 5.69. The van der Waals surface area contributed by atoms with E-state index in [4.69, 9.17) is 0 Å². The number of benzene rings is 4. The molecule has 0 amide bonds. The molecule has 5 rings (SSSR count). The second kappa shape index (κ2) is 7.42. The number of quaternary nitrogens is 1. The summed E-state index contributed by atoms with van der Waals surface area (Å²) in [6, 6.07) is 43.0. The fraction of sp³-hybridized carbons (Fsp3) is 0.0370. The Morgan fingerprint density at radius 3 is 1.48 bits per heavy atom. The van der Waals surface area contributed by atoms with E-state index in [0.717, 1.165) is 0 Å². The highest BCUT2D eigenvalue weighted by atomic mass is 15.5. The zero-order valence-corrected chi connectivity index (χ0v) is 16.2. The molecule has 0 radical (unpaired) electrons. The number of rotatable bonds is 4. The zero-order chi connectivity index (χ0) is 19.5. The van der Waals surface area contributed by atoms with E-state index in [9.17, 15) is 0 Å². The summed E-state index contributed by atoms with van der Waals surface area (Å²) in [4.78, 5) is 2.38. The van der Waals surface area contributed by atoms with Crippen molar-refractivity contribution in [3.8, 4) is 0 Å². The predicted octanol–water partition coefficient (Wildman–Crippen LogP) is 7.02. The molecule has 0 bridgehead atoms. The molecule has 1 aliphatic heterocycles. The SMILES string of the molecule is C1=C[N+](c2ccccc2)(c2ccccc2)C(c2ccccc2)N1c1ccccc1. The Hall–Kier alpha value is -3.62. The van der Waals surface area contributed by atoms with Crippen LogP contribution in [0.4, 0.5) is 17.1 Å². The Labute approximate surface area is 172 Å². The molecule has 0 aliphatic carbocycles. The molecule has 29 heavy (non-hydrogen) atoms. The molecule has 0 fully saturated rings. The summed E-state index contributed by atoms with van der Waals surface area (Å²) in [6.07, 6.45) is 4.60.